The Morgan fingerprint density at radius 2 is 1.76 bits per heavy atom. The van der Waals surface area contributed by atoms with Gasteiger partial charge in [-0.05, 0) is 42.3 Å². The van der Waals surface area contributed by atoms with Gasteiger partial charge in [-0.2, -0.15) is 0 Å². The molecule has 1 aromatic heterocycles. The van der Waals surface area contributed by atoms with Crippen molar-refractivity contribution in [3.63, 3.8) is 0 Å². The number of nitrogens with zero attached hydrogens (tertiary/aromatic N) is 1. The summed E-state index contributed by atoms with van der Waals surface area (Å²) >= 11 is 1.36. The first kappa shape index (κ1) is 20.5. The van der Waals surface area contributed by atoms with Crippen molar-refractivity contribution in [1.29, 1.82) is 0 Å². The van der Waals surface area contributed by atoms with Gasteiger partial charge < -0.3 is 19.5 Å². The highest BCUT2D eigenvalue weighted by atomic mass is 32.1. The van der Waals surface area contributed by atoms with Crippen LogP contribution in [0.15, 0.2) is 47.8 Å². The van der Waals surface area contributed by atoms with Gasteiger partial charge in [0.15, 0.2) is 16.6 Å². The first-order chi connectivity index (χ1) is 14.1. The van der Waals surface area contributed by atoms with E-state index in [1.807, 2.05) is 47.8 Å². The van der Waals surface area contributed by atoms with E-state index in [0.29, 0.717) is 23.2 Å². The Labute approximate surface area is 173 Å². The van der Waals surface area contributed by atoms with Gasteiger partial charge in [-0.1, -0.05) is 12.1 Å². The fourth-order valence-electron chi connectivity index (χ4n) is 2.71. The van der Waals surface area contributed by atoms with Crippen molar-refractivity contribution in [2.75, 3.05) is 33.2 Å². The first-order valence-corrected chi connectivity index (χ1v) is 9.86. The molecule has 0 spiro atoms. The molecule has 2 aromatic carbocycles. The minimum atomic E-state index is -0.285. The number of nitrogens with one attached hydrogen (secondary N) is 2. The van der Waals surface area contributed by atoms with Crippen LogP contribution in [0, 0.1) is 0 Å². The molecule has 0 aliphatic carbocycles. The maximum absolute atomic E-state index is 12.1. The normalized spacial score (nSPS) is 10.3. The Bertz CT molecular complexity index is 957. The number of hydrogen-bond donors (Lipinski definition) is 2. The number of ether oxygens (including phenoxy) is 3. The van der Waals surface area contributed by atoms with E-state index in [-0.39, 0.29) is 6.03 Å². The molecule has 0 aliphatic heterocycles. The van der Waals surface area contributed by atoms with Gasteiger partial charge in [-0.25, -0.2) is 9.78 Å². The van der Waals surface area contributed by atoms with E-state index in [1.165, 1.54) is 11.3 Å². The summed E-state index contributed by atoms with van der Waals surface area (Å²) in [4.78, 5) is 16.6. The van der Waals surface area contributed by atoms with Crippen LogP contribution in [-0.2, 0) is 6.42 Å². The Morgan fingerprint density at radius 1 is 1.00 bits per heavy atom. The summed E-state index contributed by atoms with van der Waals surface area (Å²) in [5.74, 6) is 2.10. The summed E-state index contributed by atoms with van der Waals surface area (Å²) in [6, 6.07) is 13.1. The van der Waals surface area contributed by atoms with Crippen molar-refractivity contribution in [3.05, 3.63) is 53.4 Å². The van der Waals surface area contributed by atoms with Crippen molar-refractivity contribution in [3.8, 4) is 28.5 Å². The number of benzene rings is 2. The number of carbonyl (C=O) groups excluding carboxylic acids is 1. The molecule has 29 heavy (non-hydrogen) atoms. The summed E-state index contributed by atoms with van der Waals surface area (Å²) in [5, 5.41) is 8.02. The first-order valence-electron chi connectivity index (χ1n) is 8.98. The van der Waals surface area contributed by atoms with E-state index in [2.05, 4.69) is 15.6 Å². The number of hydrogen-bond acceptors (Lipinski definition) is 6. The third-order valence-electron chi connectivity index (χ3n) is 4.26. The number of methoxy groups -OCH3 is 3. The standard InChI is InChI=1S/C21H23N3O4S/c1-26-16-7-4-14(5-8-16)10-11-22-20(25)24-21-23-17(13-29-21)15-6-9-18(27-2)19(12-15)28-3/h4-9,12-13H,10-11H2,1-3H3,(H2,22,23,24,25). The van der Waals surface area contributed by atoms with Crippen LogP contribution in [0.4, 0.5) is 9.93 Å². The summed E-state index contributed by atoms with van der Waals surface area (Å²) < 4.78 is 15.7. The van der Waals surface area contributed by atoms with Crippen LogP contribution in [0.5, 0.6) is 17.2 Å². The van der Waals surface area contributed by atoms with Gasteiger partial charge in [0.25, 0.3) is 0 Å². The predicted octanol–water partition coefficient (Wildman–Crippen LogP) is 4.20. The van der Waals surface area contributed by atoms with Gasteiger partial charge in [0.2, 0.25) is 0 Å². The third-order valence-corrected chi connectivity index (χ3v) is 5.02. The van der Waals surface area contributed by atoms with Crippen molar-refractivity contribution in [2.45, 2.75) is 6.42 Å². The topological polar surface area (TPSA) is 81.7 Å². The molecule has 0 saturated heterocycles. The highest BCUT2D eigenvalue weighted by Gasteiger charge is 2.11. The minimum Gasteiger partial charge on any atom is -0.497 e. The average Bonchev–Trinajstić information content (AvgIpc) is 3.22. The largest absolute Gasteiger partial charge is 0.497 e. The molecular formula is C21H23N3O4S. The van der Waals surface area contributed by atoms with E-state index in [1.54, 1.807) is 21.3 Å². The molecule has 0 fully saturated rings. The van der Waals surface area contributed by atoms with E-state index >= 15 is 0 Å². The van der Waals surface area contributed by atoms with Crippen LogP contribution >= 0.6 is 11.3 Å². The molecule has 8 heteroatoms. The van der Waals surface area contributed by atoms with E-state index in [9.17, 15) is 4.79 Å². The number of urea groups is 1. The second-order valence-electron chi connectivity index (χ2n) is 6.09. The zero-order valence-electron chi connectivity index (χ0n) is 16.5. The zero-order valence-corrected chi connectivity index (χ0v) is 17.3. The molecule has 0 unspecified atom stereocenters. The second kappa shape index (κ2) is 9.79. The second-order valence-corrected chi connectivity index (χ2v) is 6.94. The Hall–Kier alpha value is -3.26. The lowest BCUT2D eigenvalue weighted by atomic mass is 10.1. The summed E-state index contributed by atoms with van der Waals surface area (Å²) in [6.45, 7) is 0.520. The Balaban J connectivity index is 1.53. The van der Waals surface area contributed by atoms with Crippen LogP contribution in [0.2, 0.25) is 0 Å². The highest BCUT2D eigenvalue weighted by molar-refractivity contribution is 7.14. The van der Waals surface area contributed by atoms with Crippen LogP contribution in [0.1, 0.15) is 5.56 Å². The molecule has 2 amide bonds. The molecular weight excluding hydrogens is 390 g/mol. The zero-order chi connectivity index (χ0) is 20.6. The van der Waals surface area contributed by atoms with Gasteiger partial charge >= 0.3 is 6.03 Å². The maximum atomic E-state index is 12.1. The fraction of sp³-hybridized carbons (Fsp3) is 0.238. The molecule has 152 valence electrons. The van der Waals surface area contributed by atoms with Crippen molar-refractivity contribution in [1.82, 2.24) is 10.3 Å². The van der Waals surface area contributed by atoms with Gasteiger partial charge in [-0.15, -0.1) is 11.3 Å². The average molecular weight is 413 g/mol. The molecule has 0 radical (unpaired) electrons. The monoisotopic (exact) mass is 413 g/mol. The SMILES string of the molecule is COc1ccc(CCNC(=O)Nc2nc(-c3ccc(OC)c(OC)c3)cs2)cc1. The van der Waals surface area contributed by atoms with Crippen molar-refractivity contribution < 1.29 is 19.0 Å². The molecule has 0 saturated carbocycles. The van der Waals surface area contributed by atoms with Crippen LogP contribution in [0.25, 0.3) is 11.3 Å². The van der Waals surface area contributed by atoms with Gasteiger partial charge in [0.05, 0.1) is 27.0 Å². The number of carbonyl (C=O) groups is 1. The molecule has 1 heterocycles. The minimum absolute atomic E-state index is 0.285. The lowest BCUT2D eigenvalue weighted by Gasteiger charge is -2.08. The molecule has 3 rings (SSSR count). The number of amides is 2. The number of rotatable bonds is 8. The summed E-state index contributed by atoms with van der Waals surface area (Å²) in [5.41, 5.74) is 2.76. The molecule has 2 N–H and O–H groups in total. The van der Waals surface area contributed by atoms with Crippen molar-refractivity contribution >= 4 is 22.5 Å². The number of aromatic nitrogens is 1. The van der Waals surface area contributed by atoms with E-state index < -0.39 is 0 Å². The Kier molecular flexibility index (Phi) is 6.91. The lowest BCUT2D eigenvalue weighted by Crippen LogP contribution is -2.30. The molecule has 3 aromatic rings. The molecule has 0 atom stereocenters. The van der Waals surface area contributed by atoms with Gasteiger partial charge in [0, 0.05) is 17.5 Å². The van der Waals surface area contributed by atoms with E-state index in [0.717, 1.165) is 29.0 Å². The lowest BCUT2D eigenvalue weighted by molar-refractivity contribution is 0.252. The summed E-state index contributed by atoms with van der Waals surface area (Å²) in [6.07, 6.45) is 0.728. The van der Waals surface area contributed by atoms with Gasteiger partial charge in [-0.3, -0.25) is 5.32 Å². The van der Waals surface area contributed by atoms with Crippen molar-refractivity contribution in [2.24, 2.45) is 0 Å². The van der Waals surface area contributed by atoms with Crippen LogP contribution < -0.4 is 24.8 Å². The number of anilines is 1. The maximum Gasteiger partial charge on any atom is 0.321 e. The van der Waals surface area contributed by atoms with Crippen LogP contribution in [-0.4, -0.2) is 38.9 Å². The van der Waals surface area contributed by atoms with Gasteiger partial charge in [0.1, 0.15) is 5.75 Å². The highest BCUT2D eigenvalue weighted by Crippen LogP contribution is 2.33. The quantitative estimate of drug-likeness (QED) is 0.578. The fourth-order valence-corrected chi connectivity index (χ4v) is 3.43. The molecule has 0 aliphatic rings. The molecule has 7 nitrogen and oxygen atoms in total. The molecule has 0 bridgehead atoms. The Morgan fingerprint density at radius 3 is 2.45 bits per heavy atom. The summed E-state index contributed by atoms with van der Waals surface area (Å²) in [7, 11) is 4.82. The van der Waals surface area contributed by atoms with E-state index in [4.69, 9.17) is 14.2 Å². The predicted molar refractivity (Wildman–Crippen MR) is 114 cm³/mol. The number of thiazole rings is 1. The smallest absolute Gasteiger partial charge is 0.321 e. The third kappa shape index (κ3) is 5.39. The van der Waals surface area contributed by atoms with Crippen LogP contribution in [0.3, 0.4) is 0 Å².